The minimum Gasteiger partial charge on any atom is -0.401 e. The van der Waals surface area contributed by atoms with Crippen LogP contribution in [-0.2, 0) is 11.0 Å². The Labute approximate surface area is 102 Å². The molecule has 0 bridgehead atoms. The molecule has 0 atom stereocenters. The van der Waals surface area contributed by atoms with Gasteiger partial charge in [-0.15, -0.1) is 0 Å². The van der Waals surface area contributed by atoms with Gasteiger partial charge in [0.25, 0.3) is 0 Å². The maximum Gasteiger partial charge on any atom is 0.416 e. The summed E-state index contributed by atoms with van der Waals surface area (Å²) >= 11 is 0. The Hall–Kier alpha value is -1.78. The third kappa shape index (κ3) is 2.39. The van der Waals surface area contributed by atoms with Gasteiger partial charge in [-0.25, -0.2) is 0 Å². The molecule has 0 saturated carbocycles. The van der Waals surface area contributed by atoms with Gasteiger partial charge in [-0.3, -0.25) is 4.79 Å². The summed E-state index contributed by atoms with van der Waals surface area (Å²) in [4.78, 5) is 11.7. The van der Waals surface area contributed by atoms with Gasteiger partial charge in [-0.05, 0) is 30.5 Å². The number of hydrogen-bond donors (Lipinski definition) is 1. The number of ketones is 1. The summed E-state index contributed by atoms with van der Waals surface area (Å²) in [7, 11) is 0. The fraction of sp³-hybridized carbons (Fsp3) is 0.308. The van der Waals surface area contributed by atoms with Crippen molar-refractivity contribution in [3.8, 4) is 0 Å². The average molecular weight is 255 g/mol. The maximum absolute atomic E-state index is 12.6. The molecule has 96 valence electrons. The summed E-state index contributed by atoms with van der Waals surface area (Å²) in [5.74, 6) is -0.182. The first-order valence-corrected chi connectivity index (χ1v) is 5.59. The molecule has 1 aliphatic carbocycles. The monoisotopic (exact) mass is 255 g/mol. The third-order valence-electron chi connectivity index (χ3n) is 2.93. The number of alkyl halides is 3. The molecule has 1 aromatic carbocycles. The number of benzene rings is 1. The molecule has 2 nitrogen and oxygen atoms in total. The molecule has 5 heteroatoms. The molecular formula is C13H12F3NO. The predicted molar refractivity (Wildman–Crippen MR) is 61.4 cm³/mol. The van der Waals surface area contributed by atoms with Gasteiger partial charge in [-0.1, -0.05) is 12.1 Å². The number of Topliss-reactive ketones (excluding diaryl/α,β-unsaturated/α-hetero) is 1. The second-order valence-corrected chi connectivity index (χ2v) is 4.26. The summed E-state index contributed by atoms with van der Waals surface area (Å²) in [6.07, 6.45) is -2.86. The summed E-state index contributed by atoms with van der Waals surface area (Å²) in [5.41, 5.74) is 5.85. The van der Waals surface area contributed by atoms with Crippen molar-refractivity contribution in [2.45, 2.75) is 25.4 Å². The summed E-state index contributed by atoms with van der Waals surface area (Å²) < 4.78 is 37.8. The molecule has 0 heterocycles. The third-order valence-corrected chi connectivity index (χ3v) is 2.93. The lowest BCUT2D eigenvalue weighted by molar-refractivity contribution is -0.137. The zero-order chi connectivity index (χ0) is 13.3. The molecule has 2 N–H and O–H groups in total. The van der Waals surface area contributed by atoms with E-state index in [0.717, 1.165) is 12.1 Å². The SMILES string of the molecule is NC1=C(c2cccc(C(F)(F)F)c2)C(=O)CCC1. The molecule has 0 unspecified atom stereocenters. The summed E-state index contributed by atoms with van der Waals surface area (Å²) in [5, 5.41) is 0. The van der Waals surface area contributed by atoms with Gasteiger partial charge in [0.05, 0.1) is 5.56 Å². The standard InChI is InChI=1S/C13H12F3NO/c14-13(15,16)9-4-1-3-8(7-9)12-10(17)5-2-6-11(12)18/h1,3-4,7H,2,5-6,17H2. The summed E-state index contributed by atoms with van der Waals surface area (Å²) in [6, 6.07) is 4.74. The van der Waals surface area contributed by atoms with E-state index < -0.39 is 11.7 Å². The molecule has 1 aliphatic rings. The van der Waals surface area contributed by atoms with E-state index in [1.165, 1.54) is 12.1 Å². The number of nitrogens with two attached hydrogens (primary N) is 1. The van der Waals surface area contributed by atoms with Crippen molar-refractivity contribution >= 4 is 11.4 Å². The van der Waals surface area contributed by atoms with E-state index in [0.29, 0.717) is 25.0 Å². The molecule has 0 radical (unpaired) electrons. The number of carbonyl (C=O) groups is 1. The van der Waals surface area contributed by atoms with Crippen LogP contribution in [0.25, 0.3) is 5.57 Å². The number of rotatable bonds is 1. The normalized spacial score (nSPS) is 17.2. The van der Waals surface area contributed by atoms with Crippen molar-refractivity contribution in [3.05, 3.63) is 41.1 Å². The highest BCUT2D eigenvalue weighted by molar-refractivity contribution is 6.22. The minimum atomic E-state index is -4.41. The molecule has 2 rings (SSSR count). The molecule has 0 saturated heterocycles. The van der Waals surface area contributed by atoms with E-state index in [4.69, 9.17) is 5.73 Å². The number of halogens is 3. The molecule has 0 fully saturated rings. The predicted octanol–water partition coefficient (Wildman–Crippen LogP) is 3.13. The van der Waals surface area contributed by atoms with Crippen LogP contribution in [0.3, 0.4) is 0 Å². The highest BCUT2D eigenvalue weighted by atomic mass is 19.4. The molecule has 0 aliphatic heterocycles. The molecule has 0 amide bonds. The lowest BCUT2D eigenvalue weighted by Crippen LogP contribution is -2.16. The Bertz CT molecular complexity index is 517. The van der Waals surface area contributed by atoms with E-state index in [1.54, 1.807) is 0 Å². The van der Waals surface area contributed by atoms with Gasteiger partial charge in [0.2, 0.25) is 0 Å². The quantitative estimate of drug-likeness (QED) is 0.837. The maximum atomic E-state index is 12.6. The Morgan fingerprint density at radius 1 is 1.17 bits per heavy atom. The van der Waals surface area contributed by atoms with Crippen LogP contribution in [0.2, 0.25) is 0 Å². The van der Waals surface area contributed by atoms with Crippen LogP contribution in [0.1, 0.15) is 30.4 Å². The first-order chi connectivity index (χ1) is 8.39. The first-order valence-electron chi connectivity index (χ1n) is 5.59. The first kappa shape index (κ1) is 12.7. The van der Waals surface area contributed by atoms with Gasteiger partial charge >= 0.3 is 6.18 Å². The Morgan fingerprint density at radius 2 is 1.89 bits per heavy atom. The van der Waals surface area contributed by atoms with Crippen LogP contribution in [0.15, 0.2) is 30.0 Å². The Balaban J connectivity index is 2.49. The Kier molecular flexibility index (Phi) is 3.15. The lowest BCUT2D eigenvalue weighted by Gasteiger charge is -2.17. The second-order valence-electron chi connectivity index (χ2n) is 4.26. The fourth-order valence-electron chi connectivity index (χ4n) is 2.07. The number of allylic oxidation sites excluding steroid dienone is 2. The number of carbonyl (C=O) groups excluding carboxylic acids is 1. The minimum absolute atomic E-state index is 0.182. The van der Waals surface area contributed by atoms with Crippen molar-refractivity contribution in [1.29, 1.82) is 0 Å². The highest BCUT2D eigenvalue weighted by Gasteiger charge is 2.31. The average Bonchev–Trinajstić information content (AvgIpc) is 2.28. The van der Waals surface area contributed by atoms with E-state index in [1.807, 2.05) is 0 Å². The van der Waals surface area contributed by atoms with Gasteiger partial charge in [0.1, 0.15) is 0 Å². The van der Waals surface area contributed by atoms with Gasteiger partial charge in [0.15, 0.2) is 5.78 Å². The van der Waals surface area contributed by atoms with Gasteiger partial charge < -0.3 is 5.73 Å². The van der Waals surface area contributed by atoms with Crippen molar-refractivity contribution in [2.75, 3.05) is 0 Å². The van der Waals surface area contributed by atoms with Crippen molar-refractivity contribution in [2.24, 2.45) is 5.73 Å². The van der Waals surface area contributed by atoms with Crippen molar-refractivity contribution in [3.63, 3.8) is 0 Å². The van der Waals surface area contributed by atoms with Crippen LogP contribution in [0.4, 0.5) is 13.2 Å². The smallest absolute Gasteiger partial charge is 0.401 e. The topological polar surface area (TPSA) is 43.1 Å². The van der Waals surface area contributed by atoms with Crippen LogP contribution >= 0.6 is 0 Å². The molecular weight excluding hydrogens is 243 g/mol. The van der Waals surface area contributed by atoms with Crippen LogP contribution in [0, 0.1) is 0 Å². The molecule has 1 aromatic rings. The van der Waals surface area contributed by atoms with E-state index in [-0.39, 0.29) is 16.9 Å². The molecule has 18 heavy (non-hydrogen) atoms. The zero-order valence-corrected chi connectivity index (χ0v) is 9.55. The van der Waals surface area contributed by atoms with Crippen LogP contribution < -0.4 is 5.73 Å². The second kappa shape index (κ2) is 4.48. The largest absolute Gasteiger partial charge is 0.416 e. The summed E-state index contributed by atoms with van der Waals surface area (Å²) in [6.45, 7) is 0. The van der Waals surface area contributed by atoms with Crippen molar-refractivity contribution < 1.29 is 18.0 Å². The Morgan fingerprint density at radius 3 is 2.50 bits per heavy atom. The van der Waals surface area contributed by atoms with Gasteiger partial charge in [-0.2, -0.15) is 13.2 Å². The molecule has 0 aromatic heterocycles. The number of hydrogen-bond acceptors (Lipinski definition) is 2. The van der Waals surface area contributed by atoms with E-state index >= 15 is 0 Å². The fourth-order valence-corrected chi connectivity index (χ4v) is 2.07. The lowest BCUT2D eigenvalue weighted by atomic mass is 9.89. The highest BCUT2D eigenvalue weighted by Crippen LogP contribution is 2.33. The van der Waals surface area contributed by atoms with Gasteiger partial charge in [0, 0.05) is 17.7 Å². The van der Waals surface area contributed by atoms with Crippen molar-refractivity contribution in [1.82, 2.24) is 0 Å². The molecule has 0 spiro atoms. The van der Waals surface area contributed by atoms with E-state index in [9.17, 15) is 18.0 Å². The van der Waals surface area contributed by atoms with Crippen LogP contribution in [-0.4, -0.2) is 5.78 Å². The van der Waals surface area contributed by atoms with Crippen LogP contribution in [0.5, 0.6) is 0 Å². The van der Waals surface area contributed by atoms with E-state index in [2.05, 4.69) is 0 Å². The zero-order valence-electron chi connectivity index (χ0n) is 9.55.